The summed E-state index contributed by atoms with van der Waals surface area (Å²) in [5.41, 5.74) is 4.34. The number of rotatable bonds is 7. The molecule has 0 bridgehead atoms. The molecule has 0 radical (unpaired) electrons. The highest BCUT2D eigenvalue weighted by Gasteiger charge is 2.12. The third-order valence-electron chi connectivity index (χ3n) is 3.65. The number of nitrogens with one attached hydrogen (secondary N) is 1. The summed E-state index contributed by atoms with van der Waals surface area (Å²) in [6, 6.07) is 15.9. The van der Waals surface area contributed by atoms with Gasteiger partial charge in [-0.1, -0.05) is 54.1 Å². The molecule has 0 aromatic heterocycles. The first-order valence-electron chi connectivity index (χ1n) is 7.54. The lowest BCUT2D eigenvalue weighted by atomic mass is 10.1. The summed E-state index contributed by atoms with van der Waals surface area (Å²) in [6.07, 6.45) is 1.69. The quantitative estimate of drug-likeness (QED) is 0.796. The van der Waals surface area contributed by atoms with Crippen molar-refractivity contribution in [3.63, 3.8) is 0 Å². The van der Waals surface area contributed by atoms with Gasteiger partial charge >= 0.3 is 0 Å². The number of aryl methyl sites for hydroxylation is 3. The topological polar surface area (TPSA) is 46.2 Å². The fraction of sp³-hybridized carbons (Fsp3) is 0.333. The molecule has 0 aliphatic carbocycles. The van der Waals surface area contributed by atoms with E-state index in [0.29, 0.717) is 6.54 Å². The summed E-state index contributed by atoms with van der Waals surface area (Å²) in [6.45, 7) is 4.47. The zero-order valence-electron chi connectivity index (χ0n) is 13.2. The maximum atomic E-state index is 12.1. The monoisotopic (exact) mass is 317 g/mol. The molecule has 0 aliphatic heterocycles. The van der Waals surface area contributed by atoms with Crippen LogP contribution in [0.3, 0.4) is 0 Å². The lowest BCUT2D eigenvalue weighted by Gasteiger charge is -2.09. The van der Waals surface area contributed by atoms with Crippen molar-refractivity contribution in [2.45, 2.75) is 32.4 Å². The summed E-state index contributed by atoms with van der Waals surface area (Å²) < 4.78 is 26.9. The minimum atomic E-state index is -3.27. The van der Waals surface area contributed by atoms with Crippen molar-refractivity contribution in [1.82, 2.24) is 4.72 Å². The van der Waals surface area contributed by atoms with Gasteiger partial charge in [-0.05, 0) is 43.4 Å². The molecule has 0 spiro atoms. The summed E-state index contributed by atoms with van der Waals surface area (Å²) in [7, 11) is -3.27. The zero-order chi connectivity index (χ0) is 16.0. The van der Waals surface area contributed by atoms with Crippen LogP contribution >= 0.6 is 0 Å². The van der Waals surface area contributed by atoms with Crippen molar-refractivity contribution in [2.75, 3.05) is 6.54 Å². The van der Waals surface area contributed by atoms with Crippen LogP contribution in [0.15, 0.2) is 48.5 Å². The van der Waals surface area contributed by atoms with Gasteiger partial charge < -0.3 is 0 Å². The first-order valence-corrected chi connectivity index (χ1v) is 9.19. The van der Waals surface area contributed by atoms with Gasteiger partial charge in [0.05, 0.1) is 5.75 Å². The van der Waals surface area contributed by atoms with Crippen molar-refractivity contribution in [3.05, 3.63) is 70.8 Å². The van der Waals surface area contributed by atoms with Gasteiger partial charge in [0, 0.05) is 6.54 Å². The van der Waals surface area contributed by atoms with E-state index in [1.807, 2.05) is 37.3 Å². The molecule has 118 valence electrons. The van der Waals surface area contributed by atoms with E-state index in [1.54, 1.807) is 0 Å². The molecule has 3 nitrogen and oxygen atoms in total. The molecule has 0 saturated carbocycles. The molecule has 0 atom stereocenters. The van der Waals surface area contributed by atoms with Crippen molar-refractivity contribution >= 4 is 10.0 Å². The van der Waals surface area contributed by atoms with E-state index in [0.717, 1.165) is 24.0 Å². The van der Waals surface area contributed by atoms with Gasteiger partial charge in [-0.25, -0.2) is 13.1 Å². The molecule has 0 unspecified atom stereocenters. The van der Waals surface area contributed by atoms with E-state index in [4.69, 9.17) is 0 Å². The summed E-state index contributed by atoms with van der Waals surface area (Å²) in [5.74, 6) is 0.0458. The predicted octanol–water partition coefficient (Wildman–Crippen LogP) is 3.36. The lowest BCUT2D eigenvalue weighted by Crippen LogP contribution is -2.26. The molecule has 4 heteroatoms. The molecular weight excluding hydrogens is 294 g/mol. The highest BCUT2D eigenvalue weighted by Crippen LogP contribution is 2.11. The maximum absolute atomic E-state index is 12.1. The molecule has 0 heterocycles. The average Bonchev–Trinajstić information content (AvgIpc) is 2.46. The molecule has 0 fully saturated rings. The molecule has 0 amide bonds. The second-order valence-electron chi connectivity index (χ2n) is 5.67. The molecule has 0 aliphatic rings. The first-order chi connectivity index (χ1) is 10.5. The molecule has 2 aromatic carbocycles. The van der Waals surface area contributed by atoms with E-state index >= 15 is 0 Å². The van der Waals surface area contributed by atoms with Crippen molar-refractivity contribution in [2.24, 2.45) is 0 Å². The van der Waals surface area contributed by atoms with E-state index in [-0.39, 0.29) is 5.75 Å². The normalized spacial score (nSPS) is 11.5. The Morgan fingerprint density at radius 3 is 2.50 bits per heavy atom. The molecule has 1 N–H and O–H groups in total. The van der Waals surface area contributed by atoms with Gasteiger partial charge in [0.1, 0.15) is 0 Å². The van der Waals surface area contributed by atoms with Gasteiger partial charge in [0.2, 0.25) is 10.0 Å². The number of benzene rings is 2. The molecule has 2 rings (SSSR count). The Morgan fingerprint density at radius 1 is 1.00 bits per heavy atom. The van der Waals surface area contributed by atoms with Crippen LogP contribution in [-0.4, -0.2) is 15.0 Å². The zero-order valence-corrected chi connectivity index (χ0v) is 14.0. The maximum Gasteiger partial charge on any atom is 0.215 e. The second kappa shape index (κ2) is 7.56. The number of hydrogen-bond acceptors (Lipinski definition) is 2. The van der Waals surface area contributed by atoms with Crippen LogP contribution in [-0.2, 0) is 22.2 Å². The van der Waals surface area contributed by atoms with Crippen LogP contribution in [0.1, 0.15) is 28.7 Å². The van der Waals surface area contributed by atoms with Gasteiger partial charge in [0.25, 0.3) is 0 Å². The average molecular weight is 317 g/mol. The predicted molar refractivity (Wildman–Crippen MR) is 91.3 cm³/mol. The minimum absolute atomic E-state index is 0.0458. The van der Waals surface area contributed by atoms with Gasteiger partial charge in [-0.15, -0.1) is 0 Å². The molecule has 0 saturated heterocycles. The van der Waals surface area contributed by atoms with E-state index in [2.05, 4.69) is 29.8 Å². The molecule has 22 heavy (non-hydrogen) atoms. The summed E-state index contributed by atoms with van der Waals surface area (Å²) in [4.78, 5) is 0. The third-order valence-corrected chi connectivity index (χ3v) is 4.99. The van der Waals surface area contributed by atoms with Crippen LogP contribution in [0.5, 0.6) is 0 Å². The SMILES string of the molecule is Cc1cccc(CCCNS(=O)(=O)Cc2ccccc2C)c1. The van der Waals surface area contributed by atoms with E-state index < -0.39 is 10.0 Å². The van der Waals surface area contributed by atoms with Crippen molar-refractivity contribution in [1.29, 1.82) is 0 Å². The van der Waals surface area contributed by atoms with Crippen LogP contribution in [0.2, 0.25) is 0 Å². The van der Waals surface area contributed by atoms with Crippen LogP contribution in [0.25, 0.3) is 0 Å². The molecule has 2 aromatic rings. The van der Waals surface area contributed by atoms with Gasteiger partial charge in [-0.3, -0.25) is 0 Å². The van der Waals surface area contributed by atoms with Crippen molar-refractivity contribution < 1.29 is 8.42 Å². The van der Waals surface area contributed by atoms with Gasteiger partial charge in [-0.2, -0.15) is 0 Å². The largest absolute Gasteiger partial charge is 0.215 e. The summed E-state index contributed by atoms with van der Waals surface area (Å²) in [5, 5.41) is 0. The Labute approximate surface area is 133 Å². The van der Waals surface area contributed by atoms with Crippen molar-refractivity contribution in [3.8, 4) is 0 Å². The standard InChI is InChI=1S/C18H23NO2S/c1-15-7-5-9-17(13-15)10-6-12-19-22(20,21)14-18-11-4-3-8-16(18)2/h3-5,7-9,11,13,19H,6,10,12,14H2,1-2H3. The number of hydrogen-bond donors (Lipinski definition) is 1. The van der Waals surface area contributed by atoms with E-state index in [9.17, 15) is 8.42 Å². The fourth-order valence-corrected chi connectivity index (χ4v) is 3.71. The Hall–Kier alpha value is -1.65. The highest BCUT2D eigenvalue weighted by atomic mass is 32.2. The Kier molecular flexibility index (Phi) is 5.75. The van der Waals surface area contributed by atoms with E-state index in [1.165, 1.54) is 11.1 Å². The highest BCUT2D eigenvalue weighted by molar-refractivity contribution is 7.88. The fourth-order valence-electron chi connectivity index (χ4n) is 2.42. The van der Waals surface area contributed by atoms with Crippen LogP contribution < -0.4 is 4.72 Å². The Morgan fingerprint density at radius 2 is 1.77 bits per heavy atom. The third kappa shape index (κ3) is 5.28. The van der Waals surface area contributed by atoms with Crippen LogP contribution in [0, 0.1) is 13.8 Å². The number of sulfonamides is 1. The Balaban J connectivity index is 1.82. The smallest absolute Gasteiger partial charge is 0.215 e. The van der Waals surface area contributed by atoms with Crippen LogP contribution in [0.4, 0.5) is 0 Å². The molecular formula is C18H23NO2S. The van der Waals surface area contributed by atoms with Gasteiger partial charge in [0.15, 0.2) is 0 Å². The summed E-state index contributed by atoms with van der Waals surface area (Å²) >= 11 is 0. The lowest BCUT2D eigenvalue weighted by molar-refractivity contribution is 0.578. The first kappa shape index (κ1) is 16.7. The second-order valence-corrected chi connectivity index (χ2v) is 7.48. The Bertz CT molecular complexity index is 723. The minimum Gasteiger partial charge on any atom is -0.215 e.